The number of hydrogen-bond donors (Lipinski definition) is 1. The van der Waals surface area contributed by atoms with E-state index in [9.17, 15) is 8.42 Å². The molecule has 0 saturated heterocycles. The zero-order chi connectivity index (χ0) is 13.0. The van der Waals surface area contributed by atoms with Crippen molar-refractivity contribution in [1.82, 2.24) is 9.71 Å². The van der Waals surface area contributed by atoms with Crippen LogP contribution in [0.4, 0.5) is 0 Å². The van der Waals surface area contributed by atoms with Gasteiger partial charge in [0.05, 0.1) is 0 Å². The van der Waals surface area contributed by atoms with Crippen LogP contribution in [-0.2, 0) is 10.0 Å². The van der Waals surface area contributed by atoms with Crippen LogP contribution in [0.5, 0.6) is 0 Å². The van der Waals surface area contributed by atoms with Gasteiger partial charge in [0.15, 0.2) is 0 Å². The lowest BCUT2D eigenvalue weighted by atomic mass is 9.83. The monoisotopic (exact) mass is 268 g/mol. The van der Waals surface area contributed by atoms with Crippen molar-refractivity contribution in [2.24, 2.45) is 5.92 Å². The van der Waals surface area contributed by atoms with Gasteiger partial charge in [-0.1, -0.05) is 26.2 Å². The Morgan fingerprint density at radius 1 is 1.39 bits per heavy atom. The summed E-state index contributed by atoms with van der Waals surface area (Å²) in [4.78, 5) is 4.12. The lowest BCUT2D eigenvalue weighted by molar-refractivity contribution is 0.282. The molecule has 0 spiro atoms. The largest absolute Gasteiger partial charge is 0.263 e. The van der Waals surface area contributed by atoms with Crippen LogP contribution in [0.2, 0.25) is 0 Å². The van der Waals surface area contributed by atoms with Crippen LogP contribution in [0.3, 0.4) is 0 Å². The number of aromatic nitrogens is 1. The van der Waals surface area contributed by atoms with E-state index in [2.05, 4.69) is 16.6 Å². The highest BCUT2D eigenvalue weighted by Gasteiger charge is 2.28. The third-order valence-electron chi connectivity index (χ3n) is 3.68. The molecule has 0 bridgehead atoms. The molecule has 0 aliphatic heterocycles. The predicted octanol–water partition coefficient (Wildman–Crippen LogP) is 2.33. The molecule has 1 aromatic heterocycles. The Hall–Kier alpha value is -0.940. The lowest BCUT2D eigenvalue weighted by Crippen LogP contribution is -2.41. The molecule has 4 nitrogen and oxygen atoms in total. The first kappa shape index (κ1) is 13.5. The third kappa shape index (κ3) is 3.09. The predicted molar refractivity (Wildman–Crippen MR) is 70.6 cm³/mol. The van der Waals surface area contributed by atoms with Crippen molar-refractivity contribution in [2.45, 2.75) is 50.0 Å². The zero-order valence-electron chi connectivity index (χ0n) is 10.7. The molecule has 0 aromatic carbocycles. The van der Waals surface area contributed by atoms with Crippen LogP contribution in [-0.4, -0.2) is 19.4 Å². The number of rotatable bonds is 4. The molecule has 0 unspecified atom stereocenters. The van der Waals surface area contributed by atoms with E-state index < -0.39 is 10.0 Å². The van der Waals surface area contributed by atoms with Crippen LogP contribution in [0.15, 0.2) is 29.4 Å². The maximum Gasteiger partial charge on any atom is 0.242 e. The Kier molecular flexibility index (Phi) is 4.35. The number of sulfonamides is 1. The average Bonchev–Trinajstić information content (AvgIpc) is 2.40. The summed E-state index contributed by atoms with van der Waals surface area (Å²) < 4.78 is 27.3. The SMILES string of the molecule is CC[C@@H]1CCCC[C@@H]1NS(=O)(=O)c1cccnc1. The molecule has 1 aliphatic carbocycles. The van der Waals surface area contributed by atoms with Gasteiger partial charge in [-0.3, -0.25) is 4.98 Å². The number of hydrogen-bond acceptors (Lipinski definition) is 3. The molecular formula is C13H20N2O2S. The molecule has 2 atom stereocenters. The second-order valence-corrected chi connectivity index (χ2v) is 6.58. The number of nitrogens with zero attached hydrogens (tertiary/aromatic N) is 1. The van der Waals surface area contributed by atoms with E-state index in [1.807, 2.05) is 0 Å². The highest BCUT2D eigenvalue weighted by Crippen LogP contribution is 2.27. The molecule has 0 radical (unpaired) electrons. The molecule has 1 N–H and O–H groups in total. The summed E-state index contributed by atoms with van der Waals surface area (Å²) in [6.45, 7) is 2.13. The molecule has 1 aromatic rings. The Morgan fingerprint density at radius 2 is 2.17 bits per heavy atom. The summed E-state index contributed by atoms with van der Waals surface area (Å²) in [6.07, 6.45) is 8.38. The van der Waals surface area contributed by atoms with Crippen molar-refractivity contribution in [3.05, 3.63) is 24.5 Å². The van der Waals surface area contributed by atoms with Crippen LogP contribution < -0.4 is 4.72 Å². The van der Waals surface area contributed by atoms with Crippen LogP contribution >= 0.6 is 0 Å². The first-order valence-electron chi connectivity index (χ1n) is 6.56. The summed E-state index contributed by atoms with van der Waals surface area (Å²) in [7, 11) is -3.42. The fraction of sp³-hybridized carbons (Fsp3) is 0.615. The first-order chi connectivity index (χ1) is 8.63. The Bertz CT molecular complexity index is 473. The van der Waals surface area contributed by atoms with Gasteiger partial charge in [-0.05, 0) is 30.9 Å². The molecule has 5 heteroatoms. The fourth-order valence-electron chi connectivity index (χ4n) is 2.62. The fourth-order valence-corrected chi connectivity index (χ4v) is 3.93. The van der Waals surface area contributed by atoms with Gasteiger partial charge in [-0.2, -0.15) is 0 Å². The maximum absolute atomic E-state index is 12.2. The molecule has 1 saturated carbocycles. The Balaban J connectivity index is 2.12. The molecule has 2 rings (SSSR count). The summed E-state index contributed by atoms with van der Waals surface area (Å²) in [5.41, 5.74) is 0. The van der Waals surface area contributed by atoms with Crippen LogP contribution in [0, 0.1) is 5.92 Å². The van der Waals surface area contributed by atoms with Crippen molar-refractivity contribution < 1.29 is 8.42 Å². The second-order valence-electron chi connectivity index (χ2n) is 4.87. The summed E-state index contributed by atoms with van der Waals surface area (Å²) >= 11 is 0. The first-order valence-corrected chi connectivity index (χ1v) is 8.04. The van der Waals surface area contributed by atoms with Gasteiger partial charge >= 0.3 is 0 Å². The lowest BCUT2D eigenvalue weighted by Gasteiger charge is -2.31. The van der Waals surface area contributed by atoms with Gasteiger partial charge in [0, 0.05) is 18.4 Å². The van der Waals surface area contributed by atoms with E-state index in [0.717, 1.165) is 25.7 Å². The molecule has 1 heterocycles. The molecule has 18 heavy (non-hydrogen) atoms. The Morgan fingerprint density at radius 3 is 2.83 bits per heavy atom. The average molecular weight is 268 g/mol. The minimum Gasteiger partial charge on any atom is -0.263 e. The molecule has 1 aliphatic rings. The van der Waals surface area contributed by atoms with E-state index in [0.29, 0.717) is 5.92 Å². The number of pyridine rings is 1. The highest BCUT2D eigenvalue weighted by molar-refractivity contribution is 7.89. The van der Waals surface area contributed by atoms with E-state index in [1.165, 1.54) is 12.6 Å². The third-order valence-corrected chi connectivity index (χ3v) is 5.16. The topological polar surface area (TPSA) is 59.1 Å². The van der Waals surface area contributed by atoms with E-state index in [1.54, 1.807) is 18.3 Å². The van der Waals surface area contributed by atoms with Gasteiger partial charge in [0.2, 0.25) is 10.0 Å². The summed E-state index contributed by atoms with van der Waals surface area (Å²) in [5, 5.41) is 0. The van der Waals surface area contributed by atoms with Crippen LogP contribution in [0.1, 0.15) is 39.0 Å². The minimum atomic E-state index is -3.42. The minimum absolute atomic E-state index is 0.0777. The smallest absolute Gasteiger partial charge is 0.242 e. The summed E-state index contributed by atoms with van der Waals surface area (Å²) in [5.74, 6) is 0.463. The van der Waals surface area contributed by atoms with E-state index in [4.69, 9.17) is 0 Å². The number of nitrogens with one attached hydrogen (secondary N) is 1. The van der Waals surface area contributed by atoms with Crippen LogP contribution in [0.25, 0.3) is 0 Å². The van der Waals surface area contributed by atoms with Gasteiger partial charge in [-0.25, -0.2) is 13.1 Å². The van der Waals surface area contributed by atoms with Crippen molar-refractivity contribution in [2.75, 3.05) is 0 Å². The van der Waals surface area contributed by atoms with Crippen molar-refractivity contribution in [3.8, 4) is 0 Å². The molecule has 0 amide bonds. The van der Waals surface area contributed by atoms with Gasteiger partial charge in [0.1, 0.15) is 4.90 Å². The Labute approximate surface area is 109 Å². The maximum atomic E-state index is 12.2. The van der Waals surface area contributed by atoms with Crippen molar-refractivity contribution in [1.29, 1.82) is 0 Å². The normalized spacial score (nSPS) is 24.9. The van der Waals surface area contributed by atoms with Gasteiger partial charge < -0.3 is 0 Å². The quantitative estimate of drug-likeness (QED) is 0.911. The van der Waals surface area contributed by atoms with Gasteiger partial charge in [0.25, 0.3) is 0 Å². The molecule has 1 fully saturated rings. The molecule has 100 valence electrons. The van der Waals surface area contributed by atoms with E-state index in [-0.39, 0.29) is 10.9 Å². The molecular weight excluding hydrogens is 248 g/mol. The van der Waals surface area contributed by atoms with E-state index >= 15 is 0 Å². The summed E-state index contributed by atoms with van der Waals surface area (Å²) in [6, 6.07) is 3.31. The standard InChI is InChI=1S/C13H20N2O2S/c1-2-11-6-3-4-8-13(11)15-18(16,17)12-7-5-9-14-10-12/h5,7,9-11,13,15H,2-4,6,8H2,1H3/t11-,13+/m1/s1. The second kappa shape index (κ2) is 5.80. The van der Waals surface area contributed by atoms with Crippen molar-refractivity contribution in [3.63, 3.8) is 0 Å². The van der Waals surface area contributed by atoms with Gasteiger partial charge in [-0.15, -0.1) is 0 Å². The highest BCUT2D eigenvalue weighted by atomic mass is 32.2. The van der Waals surface area contributed by atoms with Crippen molar-refractivity contribution >= 4 is 10.0 Å². The zero-order valence-corrected chi connectivity index (χ0v) is 11.5.